The molecule has 2 amide bonds. The van der Waals surface area contributed by atoms with E-state index >= 15 is 0 Å². The van der Waals surface area contributed by atoms with E-state index in [1.54, 1.807) is 41.5 Å². The first kappa shape index (κ1) is 18.8. The van der Waals surface area contributed by atoms with Gasteiger partial charge in [0.15, 0.2) is 0 Å². The zero-order valence-electron chi connectivity index (χ0n) is 13.9. The van der Waals surface area contributed by atoms with Crippen LogP contribution in [0.5, 0.6) is 0 Å². The Hall–Kier alpha value is -1.22. The minimum Gasteiger partial charge on any atom is -0.356 e. The molecule has 1 fully saturated rings. The van der Waals surface area contributed by atoms with E-state index in [0.29, 0.717) is 0 Å². The predicted molar refractivity (Wildman–Crippen MR) is 77.6 cm³/mol. The quantitative estimate of drug-likeness (QED) is 0.532. The summed E-state index contributed by atoms with van der Waals surface area (Å²) in [5.74, 6) is -6.08. The van der Waals surface area contributed by atoms with Crippen LogP contribution in [0, 0.1) is 0 Å². The normalized spacial score (nSPS) is 29.8. The molecule has 8 heteroatoms. The second-order valence-corrected chi connectivity index (χ2v) is 7.55. The molecule has 1 saturated heterocycles. The summed E-state index contributed by atoms with van der Waals surface area (Å²) in [7, 11) is 0. The van der Waals surface area contributed by atoms with Crippen LogP contribution in [0.1, 0.15) is 41.5 Å². The van der Waals surface area contributed by atoms with E-state index in [4.69, 9.17) is 9.47 Å². The first-order valence-electron chi connectivity index (χ1n) is 7.05. The summed E-state index contributed by atoms with van der Waals surface area (Å²) in [5, 5.41) is 25.4. The molecule has 1 aliphatic rings. The Bertz CT molecular complexity index is 399. The lowest BCUT2D eigenvalue weighted by Gasteiger charge is -2.40. The third-order valence-corrected chi connectivity index (χ3v) is 2.70. The highest BCUT2D eigenvalue weighted by atomic mass is 16.7. The molecule has 0 aromatic rings. The summed E-state index contributed by atoms with van der Waals surface area (Å²) in [4.78, 5) is 24.0. The predicted octanol–water partition coefficient (Wildman–Crippen LogP) is -0.760. The third-order valence-electron chi connectivity index (χ3n) is 2.70. The van der Waals surface area contributed by atoms with Gasteiger partial charge in [0.2, 0.25) is 0 Å². The number of hydrogen-bond acceptors (Lipinski definition) is 6. The lowest BCUT2D eigenvalue weighted by molar-refractivity contribution is -0.338. The van der Waals surface area contributed by atoms with Crippen molar-refractivity contribution in [3.63, 3.8) is 0 Å². The lowest BCUT2D eigenvalue weighted by atomic mass is 10.1. The van der Waals surface area contributed by atoms with Crippen molar-refractivity contribution in [2.24, 2.45) is 0 Å². The molecule has 0 unspecified atom stereocenters. The lowest BCUT2D eigenvalue weighted by Crippen LogP contribution is -2.66. The van der Waals surface area contributed by atoms with Gasteiger partial charge in [-0.25, -0.2) is 0 Å². The molecule has 0 aromatic heterocycles. The van der Waals surface area contributed by atoms with Crippen molar-refractivity contribution in [3.05, 3.63) is 0 Å². The Labute approximate surface area is 130 Å². The Morgan fingerprint density at radius 2 is 1.09 bits per heavy atom. The monoisotopic (exact) mass is 318 g/mol. The van der Waals surface area contributed by atoms with Crippen molar-refractivity contribution in [2.75, 3.05) is 13.2 Å². The van der Waals surface area contributed by atoms with Crippen molar-refractivity contribution in [2.45, 2.75) is 64.2 Å². The second-order valence-electron chi connectivity index (χ2n) is 7.55. The van der Waals surface area contributed by atoms with Gasteiger partial charge >= 0.3 is 0 Å². The van der Waals surface area contributed by atoms with E-state index in [0.717, 1.165) is 0 Å². The van der Waals surface area contributed by atoms with Gasteiger partial charge in [-0.3, -0.25) is 9.59 Å². The Morgan fingerprint density at radius 1 is 0.818 bits per heavy atom. The first-order valence-corrected chi connectivity index (χ1v) is 7.05. The smallest absolute Gasteiger partial charge is 0.283 e. The highest BCUT2D eigenvalue weighted by Crippen LogP contribution is 2.24. The highest BCUT2D eigenvalue weighted by Gasteiger charge is 2.52. The second kappa shape index (κ2) is 5.77. The van der Waals surface area contributed by atoms with E-state index in [1.165, 1.54) is 0 Å². The van der Waals surface area contributed by atoms with Crippen LogP contribution < -0.4 is 10.6 Å². The maximum absolute atomic E-state index is 12.0. The molecular weight excluding hydrogens is 292 g/mol. The minimum absolute atomic E-state index is 0.576. The molecule has 2 atom stereocenters. The van der Waals surface area contributed by atoms with Crippen LogP contribution >= 0.6 is 0 Å². The fourth-order valence-electron chi connectivity index (χ4n) is 1.66. The van der Waals surface area contributed by atoms with Gasteiger partial charge in [-0.05, 0) is 41.5 Å². The Kier molecular flexibility index (Phi) is 4.94. The maximum Gasteiger partial charge on any atom is 0.283 e. The average Bonchev–Trinajstić information content (AvgIpc) is 2.29. The molecule has 0 saturated carbocycles. The summed E-state index contributed by atoms with van der Waals surface area (Å²) in [5.41, 5.74) is -1.15. The SMILES string of the molecule is CC(C)(C)NC(=O)[C@@]1(O)CO[C@@](O)(C(=O)NC(C)(C)C)CO1. The number of amides is 2. The van der Waals surface area contributed by atoms with Crippen LogP contribution in [-0.2, 0) is 19.1 Å². The highest BCUT2D eigenvalue weighted by molar-refractivity contribution is 5.86. The molecule has 8 nitrogen and oxygen atoms in total. The summed E-state index contributed by atoms with van der Waals surface area (Å²) in [6, 6.07) is 0. The van der Waals surface area contributed by atoms with Crippen LogP contribution in [0.15, 0.2) is 0 Å². The van der Waals surface area contributed by atoms with Crippen LogP contribution in [0.4, 0.5) is 0 Å². The fraction of sp³-hybridized carbons (Fsp3) is 0.857. The van der Waals surface area contributed by atoms with E-state index in [2.05, 4.69) is 10.6 Å². The number of nitrogens with one attached hydrogen (secondary N) is 2. The maximum atomic E-state index is 12.0. The Balaban J connectivity index is 2.72. The van der Waals surface area contributed by atoms with E-state index in [-0.39, 0.29) is 0 Å². The topological polar surface area (TPSA) is 117 Å². The van der Waals surface area contributed by atoms with Gasteiger partial charge in [0.05, 0.1) is 0 Å². The molecule has 22 heavy (non-hydrogen) atoms. The first-order chi connectivity index (χ1) is 9.67. The van der Waals surface area contributed by atoms with E-state index in [9.17, 15) is 19.8 Å². The van der Waals surface area contributed by atoms with Crippen molar-refractivity contribution < 1.29 is 29.3 Å². The summed E-state index contributed by atoms with van der Waals surface area (Å²) in [6.07, 6.45) is 0. The van der Waals surface area contributed by atoms with Crippen LogP contribution in [0.3, 0.4) is 0 Å². The van der Waals surface area contributed by atoms with Gasteiger partial charge in [-0.1, -0.05) is 0 Å². The molecule has 0 spiro atoms. The van der Waals surface area contributed by atoms with Crippen molar-refractivity contribution >= 4 is 11.8 Å². The zero-order chi connectivity index (χ0) is 17.4. The molecule has 1 aliphatic heterocycles. The number of ether oxygens (including phenoxy) is 2. The van der Waals surface area contributed by atoms with Crippen LogP contribution in [-0.4, -0.2) is 57.9 Å². The number of aliphatic hydroxyl groups is 2. The van der Waals surface area contributed by atoms with Gasteiger partial charge in [0.25, 0.3) is 23.4 Å². The standard InChI is InChI=1S/C14H26N2O6/c1-11(2,3)15-9(17)13(19)7-22-14(20,8-21-13)10(18)16-12(4,5)6/h19-20H,7-8H2,1-6H3,(H,15,17)(H,16,18)/t13-,14-/m1/s1. The van der Waals surface area contributed by atoms with Gasteiger partial charge in [0, 0.05) is 11.1 Å². The molecule has 0 radical (unpaired) electrons. The molecule has 0 aliphatic carbocycles. The molecule has 1 rings (SSSR count). The number of hydrogen-bond donors (Lipinski definition) is 4. The van der Waals surface area contributed by atoms with Gasteiger partial charge in [0.1, 0.15) is 13.2 Å². The largest absolute Gasteiger partial charge is 0.356 e. The summed E-state index contributed by atoms with van der Waals surface area (Å²) >= 11 is 0. The summed E-state index contributed by atoms with van der Waals surface area (Å²) in [6.45, 7) is 9.12. The molecular formula is C14H26N2O6. The molecule has 0 bridgehead atoms. The number of rotatable bonds is 2. The fourth-order valence-corrected chi connectivity index (χ4v) is 1.66. The van der Waals surface area contributed by atoms with Crippen molar-refractivity contribution in [3.8, 4) is 0 Å². The Morgan fingerprint density at radius 3 is 1.27 bits per heavy atom. The van der Waals surface area contributed by atoms with Crippen molar-refractivity contribution in [1.82, 2.24) is 10.6 Å². The van der Waals surface area contributed by atoms with E-state index < -0.39 is 47.7 Å². The van der Waals surface area contributed by atoms with Gasteiger partial charge in [-0.15, -0.1) is 0 Å². The van der Waals surface area contributed by atoms with E-state index in [1.807, 2.05) is 0 Å². The van der Waals surface area contributed by atoms with Crippen LogP contribution in [0.25, 0.3) is 0 Å². The van der Waals surface area contributed by atoms with Crippen molar-refractivity contribution in [1.29, 1.82) is 0 Å². The minimum atomic E-state index is -2.25. The number of carbonyl (C=O) groups is 2. The molecule has 128 valence electrons. The zero-order valence-corrected chi connectivity index (χ0v) is 13.9. The van der Waals surface area contributed by atoms with Gasteiger partial charge in [-0.2, -0.15) is 0 Å². The molecule has 1 heterocycles. The molecule has 0 aromatic carbocycles. The van der Waals surface area contributed by atoms with Gasteiger partial charge < -0.3 is 30.3 Å². The molecule has 4 N–H and O–H groups in total. The average molecular weight is 318 g/mol. The number of carbonyl (C=O) groups excluding carboxylic acids is 2. The third kappa shape index (κ3) is 4.91. The summed E-state index contributed by atoms with van der Waals surface area (Å²) < 4.78 is 10.1. The van der Waals surface area contributed by atoms with Crippen LogP contribution in [0.2, 0.25) is 0 Å².